The first-order valence-corrected chi connectivity index (χ1v) is 12.4. The molecular formula is C28H33N5O. The normalized spacial score (nSPS) is 15.1. The summed E-state index contributed by atoms with van der Waals surface area (Å²) < 4.78 is 7.51. The van der Waals surface area contributed by atoms with Gasteiger partial charge in [0.15, 0.2) is 0 Å². The molecule has 6 nitrogen and oxygen atoms in total. The number of piperidine rings is 1. The van der Waals surface area contributed by atoms with E-state index in [1.807, 2.05) is 31.2 Å². The van der Waals surface area contributed by atoms with E-state index in [-0.39, 0.29) is 6.10 Å². The van der Waals surface area contributed by atoms with Gasteiger partial charge in [-0.1, -0.05) is 38.8 Å². The Labute approximate surface area is 202 Å². The molecule has 0 aliphatic carbocycles. The highest BCUT2D eigenvalue weighted by Gasteiger charge is 2.22. The van der Waals surface area contributed by atoms with Crippen LogP contribution in [0.5, 0.6) is 0 Å². The molecule has 2 aromatic heterocycles. The molecule has 1 fully saturated rings. The second-order valence-corrected chi connectivity index (χ2v) is 9.16. The maximum atomic E-state index is 9.21. The van der Waals surface area contributed by atoms with Gasteiger partial charge in [0.05, 0.1) is 17.8 Å². The third-order valence-corrected chi connectivity index (χ3v) is 6.43. The molecule has 3 heterocycles. The van der Waals surface area contributed by atoms with E-state index in [2.05, 4.69) is 47.9 Å². The Bertz CT molecular complexity index is 1200. The van der Waals surface area contributed by atoms with E-state index in [0.29, 0.717) is 5.56 Å². The first kappa shape index (κ1) is 23.8. The Morgan fingerprint density at radius 2 is 1.94 bits per heavy atom. The molecule has 0 spiro atoms. The smallest absolute Gasteiger partial charge is 0.137 e. The zero-order valence-corrected chi connectivity index (χ0v) is 20.4. The van der Waals surface area contributed by atoms with Gasteiger partial charge in [-0.2, -0.15) is 15.0 Å². The molecule has 176 valence electrons. The third-order valence-electron chi connectivity index (χ3n) is 6.43. The van der Waals surface area contributed by atoms with Crippen LogP contribution in [0.25, 0.3) is 22.2 Å². The summed E-state index contributed by atoms with van der Waals surface area (Å²) in [5.41, 5.74) is 4.43. The number of unbranched alkanes of at least 4 members (excludes halogenated alkanes) is 2. The molecule has 0 saturated carbocycles. The monoisotopic (exact) mass is 455 g/mol. The number of aromatic nitrogens is 3. The number of hydrogen-bond donors (Lipinski definition) is 0. The van der Waals surface area contributed by atoms with Gasteiger partial charge < -0.3 is 9.64 Å². The second-order valence-electron chi connectivity index (χ2n) is 9.16. The van der Waals surface area contributed by atoms with Gasteiger partial charge in [-0.3, -0.25) is 0 Å². The average molecular weight is 456 g/mol. The van der Waals surface area contributed by atoms with E-state index < -0.39 is 0 Å². The number of rotatable bonds is 7. The van der Waals surface area contributed by atoms with Gasteiger partial charge in [0.2, 0.25) is 0 Å². The summed E-state index contributed by atoms with van der Waals surface area (Å²) >= 11 is 0. The number of pyridine rings is 1. The van der Waals surface area contributed by atoms with Crippen LogP contribution in [0.3, 0.4) is 0 Å². The van der Waals surface area contributed by atoms with Crippen LogP contribution in [0, 0.1) is 29.2 Å². The molecule has 0 radical (unpaired) electrons. The van der Waals surface area contributed by atoms with Crippen LogP contribution in [0.2, 0.25) is 0 Å². The summed E-state index contributed by atoms with van der Waals surface area (Å²) in [6.45, 7) is 9.18. The Balaban J connectivity index is 1.68. The molecule has 1 unspecified atom stereocenters. The van der Waals surface area contributed by atoms with Crippen LogP contribution in [0.4, 0.5) is 5.82 Å². The first-order valence-electron chi connectivity index (χ1n) is 12.4. The lowest BCUT2D eigenvalue weighted by Gasteiger charge is -2.32. The number of nitriles is 1. The van der Waals surface area contributed by atoms with E-state index in [1.54, 1.807) is 10.9 Å². The Hall–Kier alpha value is -3.35. The van der Waals surface area contributed by atoms with Crippen molar-refractivity contribution in [3.63, 3.8) is 0 Å². The van der Waals surface area contributed by atoms with Crippen molar-refractivity contribution in [1.82, 2.24) is 14.8 Å². The van der Waals surface area contributed by atoms with Crippen LogP contribution in [-0.2, 0) is 4.74 Å². The Morgan fingerprint density at radius 1 is 1.18 bits per heavy atom. The van der Waals surface area contributed by atoms with E-state index in [4.69, 9.17) is 9.72 Å². The van der Waals surface area contributed by atoms with Crippen LogP contribution in [0.15, 0.2) is 36.5 Å². The average Bonchev–Trinajstić information content (AvgIpc) is 3.27. The predicted octanol–water partition coefficient (Wildman–Crippen LogP) is 5.61. The predicted molar refractivity (Wildman–Crippen MR) is 136 cm³/mol. The van der Waals surface area contributed by atoms with Crippen molar-refractivity contribution in [3.05, 3.63) is 42.1 Å². The molecule has 4 rings (SSSR count). The van der Waals surface area contributed by atoms with Crippen LogP contribution in [-0.4, -0.2) is 40.6 Å². The fourth-order valence-corrected chi connectivity index (χ4v) is 4.24. The number of benzene rings is 1. The van der Waals surface area contributed by atoms with E-state index in [9.17, 15) is 5.26 Å². The van der Waals surface area contributed by atoms with Crippen molar-refractivity contribution < 1.29 is 4.74 Å². The SMILES string of the molecule is CCCCCOC(C)C#Cn1ncc2nc(N3CCC(C)CC3)c(-c3ccc(C#N)cc3)cc21. The maximum absolute atomic E-state index is 9.21. The standard InChI is InChI=1S/C28H33N5O/c1-4-5-6-17-34-22(3)13-16-33-27-18-25(24-9-7-23(19-29)8-10-24)28(31-26(27)20-30-33)32-14-11-21(2)12-15-32/h7-10,18,20-22H,4-6,11-12,14-15,17H2,1-3H3. The zero-order valence-electron chi connectivity index (χ0n) is 20.4. The number of nitrogens with zero attached hydrogens (tertiary/aromatic N) is 5. The molecule has 0 amide bonds. The highest BCUT2D eigenvalue weighted by molar-refractivity contribution is 5.88. The van der Waals surface area contributed by atoms with Gasteiger partial charge in [-0.05, 0) is 61.8 Å². The highest BCUT2D eigenvalue weighted by atomic mass is 16.5. The Kier molecular flexibility index (Phi) is 7.83. The van der Waals surface area contributed by atoms with E-state index >= 15 is 0 Å². The van der Waals surface area contributed by atoms with Crippen molar-refractivity contribution in [2.45, 2.75) is 59.0 Å². The molecule has 6 heteroatoms. The van der Waals surface area contributed by atoms with Crippen molar-refractivity contribution in [2.24, 2.45) is 5.92 Å². The molecule has 3 aromatic rings. The molecule has 1 aliphatic rings. The highest BCUT2D eigenvalue weighted by Crippen LogP contribution is 2.34. The summed E-state index contributed by atoms with van der Waals surface area (Å²) in [4.78, 5) is 7.42. The van der Waals surface area contributed by atoms with Gasteiger partial charge >= 0.3 is 0 Å². The second kappa shape index (κ2) is 11.2. The summed E-state index contributed by atoms with van der Waals surface area (Å²) in [5, 5.41) is 13.7. The molecule has 0 bridgehead atoms. The summed E-state index contributed by atoms with van der Waals surface area (Å²) in [6, 6.07) is 15.2. The van der Waals surface area contributed by atoms with Crippen molar-refractivity contribution in [2.75, 3.05) is 24.6 Å². The summed E-state index contributed by atoms with van der Waals surface area (Å²) in [6.07, 6.45) is 7.36. The molecule has 1 aliphatic heterocycles. The van der Waals surface area contributed by atoms with E-state index in [0.717, 1.165) is 72.9 Å². The molecule has 1 atom stereocenters. The molecule has 1 aromatic carbocycles. The summed E-state index contributed by atoms with van der Waals surface area (Å²) in [5.74, 6) is 4.88. The minimum absolute atomic E-state index is 0.156. The van der Waals surface area contributed by atoms with Crippen LogP contribution < -0.4 is 4.90 Å². The Morgan fingerprint density at radius 3 is 2.65 bits per heavy atom. The third kappa shape index (κ3) is 5.58. The van der Waals surface area contributed by atoms with Crippen molar-refractivity contribution in [1.29, 1.82) is 5.26 Å². The minimum atomic E-state index is -0.156. The number of anilines is 1. The fraction of sp³-hybridized carbons (Fsp3) is 0.464. The molecule has 0 N–H and O–H groups in total. The molecular weight excluding hydrogens is 422 g/mol. The lowest BCUT2D eigenvalue weighted by molar-refractivity contribution is 0.100. The van der Waals surface area contributed by atoms with Crippen molar-refractivity contribution in [3.8, 4) is 29.2 Å². The van der Waals surface area contributed by atoms with Gasteiger partial charge in [0.1, 0.15) is 23.0 Å². The molecule has 34 heavy (non-hydrogen) atoms. The molecule has 1 saturated heterocycles. The summed E-state index contributed by atoms with van der Waals surface area (Å²) in [7, 11) is 0. The van der Waals surface area contributed by atoms with Gasteiger partial charge in [-0.25, -0.2) is 4.98 Å². The van der Waals surface area contributed by atoms with Crippen LogP contribution >= 0.6 is 0 Å². The quantitative estimate of drug-likeness (QED) is 0.342. The topological polar surface area (TPSA) is 67.0 Å². The largest absolute Gasteiger partial charge is 0.366 e. The number of ether oxygens (including phenoxy) is 1. The lowest BCUT2D eigenvalue weighted by atomic mass is 9.97. The lowest BCUT2D eigenvalue weighted by Crippen LogP contribution is -2.33. The zero-order chi connectivity index (χ0) is 23.9. The van der Waals surface area contributed by atoms with Crippen molar-refractivity contribution >= 4 is 16.9 Å². The number of hydrogen-bond acceptors (Lipinski definition) is 5. The maximum Gasteiger partial charge on any atom is 0.137 e. The van der Waals surface area contributed by atoms with Gasteiger partial charge in [0.25, 0.3) is 0 Å². The van der Waals surface area contributed by atoms with Crippen LogP contribution in [0.1, 0.15) is 58.4 Å². The number of fused-ring (bicyclic) bond motifs is 1. The van der Waals surface area contributed by atoms with Gasteiger partial charge in [-0.15, -0.1) is 0 Å². The minimum Gasteiger partial charge on any atom is -0.366 e. The van der Waals surface area contributed by atoms with Gasteiger partial charge in [0, 0.05) is 31.3 Å². The van der Waals surface area contributed by atoms with E-state index in [1.165, 1.54) is 12.8 Å². The fourth-order valence-electron chi connectivity index (χ4n) is 4.24. The first-order chi connectivity index (χ1) is 16.6.